The lowest BCUT2D eigenvalue weighted by atomic mass is 10.0. The third-order valence-corrected chi connectivity index (χ3v) is 6.02. The minimum atomic E-state index is -1.26. The van der Waals surface area contributed by atoms with Crippen molar-refractivity contribution in [1.29, 1.82) is 0 Å². The Balaban J connectivity index is 1.69. The molecule has 2 atom stereocenters. The van der Waals surface area contributed by atoms with Crippen molar-refractivity contribution in [3.63, 3.8) is 0 Å². The molecule has 0 fully saturated rings. The lowest BCUT2D eigenvalue weighted by Gasteiger charge is -2.24. The van der Waals surface area contributed by atoms with Gasteiger partial charge in [0.15, 0.2) is 0 Å². The van der Waals surface area contributed by atoms with Gasteiger partial charge < -0.3 is 20.7 Å². The van der Waals surface area contributed by atoms with Crippen molar-refractivity contribution in [3.05, 3.63) is 83.9 Å². The molecule has 0 spiro atoms. The summed E-state index contributed by atoms with van der Waals surface area (Å²) in [6, 6.07) is 20.3. The molecule has 0 radical (unpaired) electrons. The predicted molar refractivity (Wildman–Crippen MR) is 155 cm³/mol. The Bertz CT molecular complexity index is 1330. The van der Waals surface area contributed by atoms with E-state index in [9.17, 15) is 19.2 Å². The smallest absolute Gasteiger partial charge is 0.246 e. The Kier molecular flexibility index (Phi) is 11.4. The van der Waals surface area contributed by atoms with Crippen LogP contribution < -0.4 is 21.4 Å². The summed E-state index contributed by atoms with van der Waals surface area (Å²) in [6.07, 6.45) is -0.391. The van der Waals surface area contributed by atoms with E-state index in [1.807, 2.05) is 48.5 Å². The van der Waals surface area contributed by atoms with Crippen LogP contribution in [0.2, 0.25) is 0 Å². The van der Waals surface area contributed by atoms with Crippen LogP contribution in [0.15, 0.2) is 72.8 Å². The van der Waals surface area contributed by atoms with Gasteiger partial charge in [0.05, 0.1) is 25.0 Å². The number of ether oxygens (including phenoxy) is 1. The van der Waals surface area contributed by atoms with Gasteiger partial charge in [-0.1, -0.05) is 72.8 Å². The first-order chi connectivity index (χ1) is 19.6. The molecule has 0 bridgehead atoms. The standard InChI is InChI=1S/C31H38N4O6/c1-31(2,3)41-35-28(37)18-25(33-27(36)17-21-11-6-5-7-12-21)30(39)34-26(20-40-4)29(38)32-19-23-15-10-14-22-13-8-9-16-24(22)23/h5-16,25-26H,17-20H2,1-4H3,(H,32,38)(H,33,36)(H,34,39)(H,35,37)/t25-,26-/m0/s1. The highest BCUT2D eigenvalue weighted by molar-refractivity contribution is 5.95. The summed E-state index contributed by atoms with van der Waals surface area (Å²) in [5.41, 5.74) is 3.32. The van der Waals surface area contributed by atoms with Crippen molar-refractivity contribution in [2.75, 3.05) is 13.7 Å². The van der Waals surface area contributed by atoms with Crippen molar-refractivity contribution >= 4 is 34.4 Å². The summed E-state index contributed by atoms with van der Waals surface area (Å²) in [5, 5.41) is 10.1. The van der Waals surface area contributed by atoms with Crippen LogP contribution in [0.5, 0.6) is 0 Å². The van der Waals surface area contributed by atoms with Crippen molar-refractivity contribution in [2.45, 2.75) is 57.8 Å². The average Bonchev–Trinajstić information content (AvgIpc) is 2.94. The van der Waals surface area contributed by atoms with Gasteiger partial charge in [-0.3, -0.25) is 24.0 Å². The SMILES string of the molecule is COC[C@H](NC(=O)[C@H](CC(=O)NOC(C)(C)C)NC(=O)Cc1ccccc1)C(=O)NCc1cccc2ccccc12. The Morgan fingerprint density at radius 3 is 2.17 bits per heavy atom. The third-order valence-electron chi connectivity index (χ3n) is 6.02. The fraction of sp³-hybridized carbons (Fsp3) is 0.355. The summed E-state index contributed by atoms with van der Waals surface area (Å²) in [5.74, 6) is -2.24. The first-order valence-corrected chi connectivity index (χ1v) is 13.4. The maximum atomic E-state index is 13.3. The second kappa shape index (κ2) is 14.9. The number of methoxy groups -OCH3 is 1. The Morgan fingerprint density at radius 2 is 1.46 bits per heavy atom. The zero-order valence-corrected chi connectivity index (χ0v) is 23.9. The Morgan fingerprint density at radius 1 is 0.780 bits per heavy atom. The average molecular weight is 563 g/mol. The van der Waals surface area contributed by atoms with E-state index in [2.05, 4.69) is 21.4 Å². The maximum Gasteiger partial charge on any atom is 0.246 e. The maximum absolute atomic E-state index is 13.3. The molecule has 0 aliphatic heterocycles. The molecule has 3 rings (SSSR count). The van der Waals surface area contributed by atoms with Crippen LogP contribution in [0.1, 0.15) is 38.3 Å². The number of hydrogen-bond donors (Lipinski definition) is 4. The van der Waals surface area contributed by atoms with E-state index in [1.165, 1.54) is 7.11 Å². The number of hydroxylamine groups is 1. The fourth-order valence-electron chi connectivity index (χ4n) is 4.05. The molecule has 0 aliphatic carbocycles. The van der Waals surface area contributed by atoms with Gasteiger partial charge in [-0.15, -0.1) is 0 Å². The van der Waals surface area contributed by atoms with Crippen LogP contribution in [0, 0.1) is 0 Å². The van der Waals surface area contributed by atoms with Crippen molar-refractivity contribution in [2.24, 2.45) is 0 Å². The number of carbonyl (C=O) groups is 4. The number of carbonyl (C=O) groups excluding carboxylic acids is 4. The molecule has 41 heavy (non-hydrogen) atoms. The van der Waals surface area contributed by atoms with Crippen LogP contribution in [-0.4, -0.2) is 55.0 Å². The van der Waals surface area contributed by atoms with Gasteiger partial charge in [-0.25, -0.2) is 5.48 Å². The highest BCUT2D eigenvalue weighted by Crippen LogP contribution is 2.18. The number of benzene rings is 3. The lowest BCUT2D eigenvalue weighted by molar-refractivity contribution is -0.147. The first kappa shape index (κ1) is 31.3. The molecule has 0 saturated heterocycles. The summed E-state index contributed by atoms with van der Waals surface area (Å²) in [7, 11) is 1.41. The summed E-state index contributed by atoms with van der Waals surface area (Å²) >= 11 is 0. The van der Waals surface area contributed by atoms with E-state index in [1.54, 1.807) is 45.0 Å². The van der Waals surface area contributed by atoms with Gasteiger partial charge in [0.1, 0.15) is 12.1 Å². The van der Waals surface area contributed by atoms with Crippen LogP contribution in [-0.2, 0) is 41.7 Å². The summed E-state index contributed by atoms with van der Waals surface area (Å²) in [4.78, 5) is 57.1. The second-order valence-electron chi connectivity index (χ2n) is 10.6. The minimum absolute atomic E-state index is 0.0117. The van der Waals surface area contributed by atoms with Crippen LogP contribution >= 0.6 is 0 Å². The van der Waals surface area contributed by atoms with E-state index >= 15 is 0 Å². The zero-order chi connectivity index (χ0) is 29.8. The molecule has 0 aromatic heterocycles. The zero-order valence-electron chi connectivity index (χ0n) is 23.9. The molecule has 0 aliphatic rings. The molecule has 10 heteroatoms. The number of fused-ring (bicyclic) bond motifs is 1. The highest BCUT2D eigenvalue weighted by Gasteiger charge is 2.29. The quantitative estimate of drug-likeness (QED) is 0.237. The van der Waals surface area contributed by atoms with Gasteiger partial charge in [0, 0.05) is 13.7 Å². The molecule has 218 valence electrons. The molecule has 0 saturated carbocycles. The third kappa shape index (κ3) is 10.3. The van der Waals surface area contributed by atoms with E-state index in [4.69, 9.17) is 9.57 Å². The van der Waals surface area contributed by atoms with Gasteiger partial charge >= 0.3 is 0 Å². The van der Waals surface area contributed by atoms with Crippen molar-refractivity contribution < 1.29 is 28.8 Å². The van der Waals surface area contributed by atoms with Gasteiger partial charge in [0.2, 0.25) is 23.6 Å². The van der Waals surface area contributed by atoms with Gasteiger partial charge in [-0.05, 0) is 42.7 Å². The number of hydrogen-bond acceptors (Lipinski definition) is 6. The van der Waals surface area contributed by atoms with Crippen molar-refractivity contribution in [3.8, 4) is 0 Å². The minimum Gasteiger partial charge on any atom is -0.382 e. The van der Waals surface area contributed by atoms with E-state index in [-0.39, 0.29) is 19.6 Å². The van der Waals surface area contributed by atoms with Gasteiger partial charge in [-0.2, -0.15) is 0 Å². The Hall–Kier alpha value is -4.28. The summed E-state index contributed by atoms with van der Waals surface area (Å²) in [6.45, 7) is 5.39. The van der Waals surface area contributed by atoms with Crippen molar-refractivity contribution in [1.82, 2.24) is 21.4 Å². The molecular weight excluding hydrogens is 524 g/mol. The van der Waals surface area contributed by atoms with E-state index in [0.29, 0.717) is 0 Å². The van der Waals surface area contributed by atoms with Gasteiger partial charge in [0.25, 0.3) is 0 Å². The van der Waals surface area contributed by atoms with Crippen LogP contribution in [0.4, 0.5) is 0 Å². The molecule has 3 aromatic carbocycles. The number of amides is 4. The van der Waals surface area contributed by atoms with E-state index < -0.39 is 47.7 Å². The summed E-state index contributed by atoms with van der Waals surface area (Å²) < 4.78 is 5.18. The number of nitrogens with one attached hydrogen (secondary N) is 4. The van der Waals surface area contributed by atoms with Crippen LogP contribution in [0.3, 0.4) is 0 Å². The first-order valence-electron chi connectivity index (χ1n) is 13.4. The molecule has 4 amide bonds. The lowest BCUT2D eigenvalue weighted by Crippen LogP contribution is -2.56. The second-order valence-corrected chi connectivity index (χ2v) is 10.6. The molecular formula is C31H38N4O6. The monoisotopic (exact) mass is 562 g/mol. The number of rotatable bonds is 13. The normalized spacial score (nSPS) is 12.7. The van der Waals surface area contributed by atoms with E-state index in [0.717, 1.165) is 21.9 Å². The molecule has 3 aromatic rings. The molecule has 10 nitrogen and oxygen atoms in total. The molecule has 0 heterocycles. The Labute approximate surface area is 240 Å². The topological polar surface area (TPSA) is 135 Å². The molecule has 0 unspecified atom stereocenters. The fourth-order valence-corrected chi connectivity index (χ4v) is 4.05. The van der Waals surface area contributed by atoms with Crippen LogP contribution in [0.25, 0.3) is 10.8 Å². The predicted octanol–water partition coefficient (Wildman–Crippen LogP) is 2.55. The largest absolute Gasteiger partial charge is 0.382 e. The highest BCUT2D eigenvalue weighted by atomic mass is 16.7. The molecule has 4 N–H and O–H groups in total.